The fourth-order valence-electron chi connectivity index (χ4n) is 1.10. The van der Waals surface area contributed by atoms with Crippen molar-refractivity contribution in [3.05, 3.63) is 47.2 Å². The van der Waals surface area contributed by atoms with E-state index in [0.29, 0.717) is 11.1 Å². The largest absolute Gasteiger partial charge is 1.00 e. The summed E-state index contributed by atoms with van der Waals surface area (Å²) in [6.07, 6.45) is 3.15. The summed E-state index contributed by atoms with van der Waals surface area (Å²) in [5, 5.41) is 0. The molecule has 0 spiro atoms. The van der Waals surface area contributed by atoms with Crippen LogP contribution < -0.4 is 18.9 Å². The Labute approximate surface area is 117 Å². The van der Waals surface area contributed by atoms with Crippen LogP contribution in [-0.4, -0.2) is 4.21 Å². The van der Waals surface area contributed by atoms with Crippen LogP contribution >= 0.6 is 11.6 Å². The Morgan fingerprint density at radius 1 is 1.44 bits per heavy atom. The topological polar surface area (TPSA) is 17.1 Å². The zero-order valence-corrected chi connectivity index (χ0v) is 11.3. The molecule has 0 saturated heterocycles. The Morgan fingerprint density at radius 2 is 2.00 bits per heavy atom. The van der Waals surface area contributed by atoms with E-state index in [9.17, 15) is 4.21 Å². The molecule has 0 N–H and O–H groups in total. The number of aryl methyl sites for hydroxylation is 1. The number of halogens is 1. The van der Waals surface area contributed by atoms with E-state index in [1.807, 2.05) is 31.2 Å². The van der Waals surface area contributed by atoms with Gasteiger partial charge in [0.2, 0.25) is 0 Å². The zero-order chi connectivity index (χ0) is 11.3. The number of hydrogen-bond acceptors (Lipinski definition) is 1. The molecule has 4 heteroatoms. The van der Waals surface area contributed by atoms with Crippen LogP contribution in [0.5, 0.6) is 0 Å². The molecule has 0 aliphatic rings. The average Bonchev–Trinajstić information content (AvgIpc) is 2.26. The van der Waals surface area contributed by atoms with Crippen LogP contribution in [0.1, 0.15) is 18.4 Å². The second-order valence-corrected chi connectivity index (χ2v) is 5.45. The number of rotatable bonds is 5. The minimum Gasteiger partial charge on any atom is -0.332 e. The summed E-state index contributed by atoms with van der Waals surface area (Å²) in [4.78, 5) is 0.759. The molecule has 0 aliphatic carbocycles. The van der Waals surface area contributed by atoms with E-state index in [4.69, 9.17) is 11.6 Å². The van der Waals surface area contributed by atoms with Crippen LogP contribution in [0.4, 0.5) is 0 Å². The van der Waals surface area contributed by atoms with Crippen molar-refractivity contribution in [1.29, 1.82) is 0 Å². The monoisotopic (exact) mass is 248 g/mol. The van der Waals surface area contributed by atoms with Crippen LogP contribution in [0.3, 0.4) is 0 Å². The fraction of sp³-hybridized carbons (Fsp3) is 0.250. The molecule has 0 fully saturated rings. The van der Waals surface area contributed by atoms with Gasteiger partial charge in [0.15, 0.2) is 0 Å². The Bertz CT molecular complexity index is 351. The molecule has 0 bridgehead atoms. The third kappa shape index (κ3) is 4.89. The van der Waals surface area contributed by atoms with E-state index in [2.05, 4.69) is 6.58 Å². The summed E-state index contributed by atoms with van der Waals surface area (Å²) in [5.41, 5.74) is 1.15. The Morgan fingerprint density at radius 3 is 2.50 bits per heavy atom. The van der Waals surface area contributed by atoms with Gasteiger partial charge in [0.05, 0.1) is 0 Å². The number of benzene rings is 1. The Balaban J connectivity index is 0.00000225. The van der Waals surface area contributed by atoms with Crippen LogP contribution in [0, 0.1) is 11.6 Å². The molecule has 16 heavy (non-hydrogen) atoms. The van der Waals surface area contributed by atoms with Crippen LogP contribution in [-0.2, 0) is 10.8 Å². The standard InChI is InChI=1S/C12H14ClOS.Li/c1-3-4-5-12(13)15(14)11-8-6-10(2)7-9-11;/h3,6-9H,1,4-5H2,2H3;/q-1;+1/t15-;/m0./s1. The van der Waals surface area contributed by atoms with Crippen LogP contribution in [0.25, 0.3) is 0 Å². The Kier molecular flexibility index (Phi) is 8.14. The van der Waals surface area contributed by atoms with Gasteiger partial charge in [0, 0.05) is 4.90 Å². The first-order valence-electron chi connectivity index (χ1n) is 4.76. The minimum atomic E-state index is -1.20. The molecule has 0 unspecified atom stereocenters. The maximum absolute atomic E-state index is 11.9. The van der Waals surface area contributed by atoms with Crippen molar-refractivity contribution in [2.24, 2.45) is 0 Å². The van der Waals surface area contributed by atoms with E-state index in [1.54, 1.807) is 6.08 Å². The van der Waals surface area contributed by atoms with Crippen molar-refractivity contribution < 1.29 is 23.1 Å². The molecule has 0 heterocycles. The molecule has 1 rings (SSSR count). The van der Waals surface area contributed by atoms with Gasteiger partial charge in [-0.15, -0.1) is 17.7 Å². The van der Waals surface area contributed by atoms with Gasteiger partial charge >= 0.3 is 18.9 Å². The summed E-state index contributed by atoms with van der Waals surface area (Å²) >= 11 is 5.95. The summed E-state index contributed by atoms with van der Waals surface area (Å²) in [6.45, 7) is 5.60. The fourth-order valence-corrected chi connectivity index (χ4v) is 2.42. The van der Waals surface area contributed by atoms with Crippen molar-refractivity contribution in [2.45, 2.75) is 24.7 Å². The molecule has 1 aromatic rings. The first-order valence-corrected chi connectivity index (χ1v) is 6.28. The summed E-state index contributed by atoms with van der Waals surface area (Å²) in [5.74, 6) is 0. The third-order valence-corrected chi connectivity index (χ3v) is 3.90. The number of allylic oxidation sites excluding steroid dienone is 1. The van der Waals surface area contributed by atoms with Crippen LogP contribution in [0.2, 0.25) is 0 Å². The molecule has 1 aromatic carbocycles. The van der Waals surface area contributed by atoms with Gasteiger partial charge < -0.3 is 11.6 Å². The smallest absolute Gasteiger partial charge is 0.332 e. The van der Waals surface area contributed by atoms with Crippen molar-refractivity contribution in [3.8, 4) is 0 Å². The van der Waals surface area contributed by atoms with Gasteiger partial charge in [-0.2, -0.15) is 0 Å². The minimum absolute atomic E-state index is 0. The maximum Gasteiger partial charge on any atom is 1.00 e. The van der Waals surface area contributed by atoms with Crippen molar-refractivity contribution in [2.75, 3.05) is 0 Å². The van der Waals surface area contributed by atoms with Gasteiger partial charge in [-0.1, -0.05) is 41.0 Å². The van der Waals surface area contributed by atoms with Gasteiger partial charge in [0.25, 0.3) is 0 Å². The van der Waals surface area contributed by atoms with E-state index in [-0.39, 0.29) is 18.9 Å². The normalized spacial score (nSPS) is 11.9. The second-order valence-electron chi connectivity index (χ2n) is 3.26. The average molecular weight is 249 g/mol. The van der Waals surface area contributed by atoms with E-state index in [1.165, 1.54) is 0 Å². The molecule has 82 valence electrons. The molecule has 0 saturated carbocycles. The van der Waals surface area contributed by atoms with E-state index in [0.717, 1.165) is 16.9 Å². The maximum atomic E-state index is 11.9. The first kappa shape index (κ1) is 16.0. The molecule has 1 nitrogen and oxygen atoms in total. The first-order chi connectivity index (χ1) is 7.15. The molecule has 0 aromatic heterocycles. The van der Waals surface area contributed by atoms with Gasteiger partial charge in [-0.05, 0) is 19.1 Å². The molecule has 1 atom stereocenters. The molecule has 0 amide bonds. The van der Waals surface area contributed by atoms with Gasteiger partial charge in [-0.3, -0.25) is 4.21 Å². The second kappa shape index (κ2) is 8.14. The predicted molar refractivity (Wildman–Crippen MR) is 66.1 cm³/mol. The number of hydrogen-bond donors (Lipinski definition) is 0. The molecule has 0 aliphatic heterocycles. The van der Waals surface area contributed by atoms with Crippen molar-refractivity contribution >= 4 is 22.4 Å². The van der Waals surface area contributed by atoms with Crippen LogP contribution in [0.15, 0.2) is 41.8 Å². The zero-order valence-electron chi connectivity index (χ0n) is 9.70. The quantitative estimate of drug-likeness (QED) is 0.428. The van der Waals surface area contributed by atoms with Gasteiger partial charge in [0.1, 0.15) is 0 Å². The van der Waals surface area contributed by atoms with Crippen molar-refractivity contribution in [3.63, 3.8) is 0 Å². The summed E-state index contributed by atoms with van der Waals surface area (Å²) in [7, 11) is -1.20. The van der Waals surface area contributed by atoms with Gasteiger partial charge in [-0.25, -0.2) is 0 Å². The Hall–Kier alpha value is -0.00260. The van der Waals surface area contributed by atoms with E-state index < -0.39 is 10.8 Å². The SMILES string of the molecule is C=CCC[C-](Cl)[S@@](=O)c1ccc(C)cc1.[Li+]. The predicted octanol–water partition coefficient (Wildman–Crippen LogP) is 0.801. The van der Waals surface area contributed by atoms with Crippen molar-refractivity contribution in [1.82, 2.24) is 0 Å². The summed E-state index contributed by atoms with van der Waals surface area (Å²) < 4.78 is 12.4. The third-order valence-electron chi connectivity index (χ3n) is 1.98. The molecular weight excluding hydrogens is 235 g/mol. The summed E-state index contributed by atoms with van der Waals surface area (Å²) in [6, 6.07) is 7.57. The van der Waals surface area contributed by atoms with E-state index >= 15 is 0 Å². The molecular formula is C12H14ClLiOS. The molecule has 0 radical (unpaired) electrons.